The van der Waals surface area contributed by atoms with Gasteiger partial charge in [0.2, 0.25) is 0 Å². The molecule has 3 N–H and O–H groups in total. The van der Waals surface area contributed by atoms with Crippen molar-refractivity contribution in [2.24, 2.45) is 7.05 Å². The van der Waals surface area contributed by atoms with Gasteiger partial charge in [-0.1, -0.05) is 24.3 Å². The molecule has 33 heavy (non-hydrogen) atoms. The number of carbonyl (C=O) groups is 2. The van der Waals surface area contributed by atoms with Gasteiger partial charge in [0.05, 0.1) is 5.52 Å². The third-order valence-corrected chi connectivity index (χ3v) is 5.36. The molecule has 8 nitrogen and oxygen atoms in total. The van der Waals surface area contributed by atoms with Crippen molar-refractivity contribution in [1.82, 2.24) is 20.4 Å². The topological polar surface area (TPSA) is 105 Å². The zero-order valence-corrected chi connectivity index (χ0v) is 18.5. The Hall–Kier alpha value is -4.46. The number of fused-ring (bicyclic) bond motifs is 1. The lowest BCUT2D eigenvalue weighted by molar-refractivity contribution is 0.0938. The lowest BCUT2D eigenvalue weighted by Crippen LogP contribution is -2.43. The molecule has 0 unspecified atom stereocenters. The number of aryl methyl sites for hydroxylation is 3. The lowest BCUT2D eigenvalue weighted by Gasteiger charge is -2.14. The van der Waals surface area contributed by atoms with Crippen LogP contribution >= 0.6 is 0 Å². The number of benzene rings is 2. The van der Waals surface area contributed by atoms with Crippen LogP contribution in [0.15, 0.2) is 71.7 Å². The maximum Gasteiger partial charge on any atom is 0.337 e. The molecule has 8 heteroatoms. The summed E-state index contributed by atoms with van der Waals surface area (Å²) < 4.78 is 1.60. The number of nitrogens with one attached hydrogen (secondary N) is 3. The highest BCUT2D eigenvalue weighted by Gasteiger charge is 2.13. The van der Waals surface area contributed by atoms with Crippen LogP contribution < -0.4 is 21.7 Å². The first-order valence-corrected chi connectivity index (χ1v) is 10.3. The van der Waals surface area contributed by atoms with Crippen LogP contribution in [0.25, 0.3) is 22.0 Å². The van der Waals surface area contributed by atoms with Gasteiger partial charge in [0.15, 0.2) is 0 Å². The Labute approximate surface area is 190 Å². The highest BCUT2D eigenvalue weighted by atomic mass is 16.2. The fraction of sp³-hybridized carbons (Fsp3) is 0.120. The molecule has 0 radical (unpaired) electrons. The Balaban J connectivity index is 1.57. The molecule has 4 rings (SSSR count). The highest BCUT2D eigenvalue weighted by molar-refractivity contribution is 5.97. The number of nitrogens with zero attached hydrogens (tertiary/aromatic N) is 2. The minimum absolute atomic E-state index is 0.145. The van der Waals surface area contributed by atoms with Gasteiger partial charge in [0.25, 0.3) is 11.5 Å². The van der Waals surface area contributed by atoms with E-state index >= 15 is 0 Å². The number of aromatic nitrogens is 2. The molecule has 0 aliphatic rings. The number of urea groups is 1. The minimum atomic E-state index is -0.611. The van der Waals surface area contributed by atoms with Gasteiger partial charge in [-0.05, 0) is 61.4 Å². The molecule has 166 valence electrons. The second-order valence-corrected chi connectivity index (χ2v) is 7.74. The van der Waals surface area contributed by atoms with E-state index in [1.807, 2.05) is 32.0 Å². The Kier molecular flexibility index (Phi) is 5.91. The third kappa shape index (κ3) is 4.59. The quantitative estimate of drug-likeness (QED) is 0.422. The van der Waals surface area contributed by atoms with Gasteiger partial charge in [0.1, 0.15) is 0 Å². The lowest BCUT2D eigenvalue weighted by atomic mass is 9.99. The van der Waals surface area contributed by atoms with Crippen LogP contribution in [0.4, 0.5) is 10.5 Å². The molecule has 0 saturated carbocycles. The third-order valence-electron chi connectivity index (χ3n) is 5.36. The van der Waals surface area contributed by atoms with E-state index in [-0.39, 0.29) is 5.56 Å². The molecule has 0 spiro atoms. The van der Waals surface area contributed by atoms with Crippen molar-refractivity contribution in [3.63, 3.8) is 0 Å². The summed E-state index contributed by atoms with van der Waals surface area (Å²) >= 11 is 0. The van der Waals surface area contributed by atoms with Gasteiger partial charge in [-0.3, -0.25) is 20.0 Å². The van der Waals surface area contributed by atoms with Gasteiger partial charge < -0.3 is 9.88 Å². The summed E-state index contributed by atoms with van der Waals surface area (Å²) in [6.45, 7) is 3.78. The maximum absolute atomic E-state index is 13.1. The SMILES string of the molecule is Cc1cc2c(cn1)cc(-c1cc(NC(=O)NNC(=O)c3ccccc3)ccc1C)c(=O)n2C. The molecule has 0 atom stereocenters. The minimum Gasteiger partial charge on any atom is -0.311 e. The van der Waals surface area contributed by atoms with Gasteiger partial charge in [-0.15, -0.1) is 0 Å². The summed E-state index contributed by atoms with van der Waals surface area (Å²) in [5.41, 5.74) is 9.17. The van der Waals surface area contributed by atoms with Crippen molar-refractivity contribution in [1.29, 1.82) is 0 Å². The molecule has 2 aromatic heterocycles. The molecule has 0 fully saturated rings. The first-order valence-electron chi connectivity index (χ1n) is 10.3. The van der Waals surface area contributed by atoms with Gasteiger partial charge >= 0.3 is 6.03 Å². The van der Waals surface area contributed by atoms with Gasteiger partial charge in [0, 0.05) is 41.1 Å². The van der Waals surface area contributed by atoms with E-state index in [2.05, 4.69) is 21.2 Å². The summed E-state index contributed by atoms with van der Waals surface area (Å²) in [6, 6.07) is 16.9. The average molecular weight is 441 g/mol. The van der Waals surface area contributed by atoms with Crippen molar-refractivity contribution in [2.75, 3.05) is 5.32 Å². The number of rotatable bonds is 3. The number of hydrogen-bond donors (Lipinski definition) is 3. The van der Waals surface area contributed by atoms with E-state index in [4.69, 9.17) is 0 Å². The molecule has 0 aliphatic carbocycles. The monoisotopic (exact) mass is 441 g/mol. The summed E-state index contributed by atoms with van der Waals surface area (Å²) in [5.74, 6) is -0.432. The number of hydrazine groups is 1. The Morgan fingerprint density at radius 2 is 1.67 bits per heavy atom. The molecule has 2 heterocycles. The standard InChI is InChI=1S/C25H23N5O3/c1-15-9-10-19(27-25(33)29-28-23(31)17-7-5-4-6-8-17)13-20(15)21-12-18-14-26-16(2)11-22(18)30(3)24(21)32/h4-14H,1-3H3,(H,28,31)(H2,27,29,33). The largest absolute Gasteiger partial charge is 0.337 e. The normalized spacial score (nSPS) is 10.6. The smallest absolute Gasteiger partial charge is 0.311 e. The van der Waals surface area contributed by atoms with Crippen LogP contribution in [-0.4, -0.2) is 21.5 Å². The Morgan fingerprint density at radius 3 is 2.42 bits per heavy atom. The molecule has 3 amide bonds. The summed E-state index contributed by atoms with van der Waals surface area (Å²) in [5, 5.41) is 3.52. The number of anilines is 1. The number of amides is 3. The van der Waals surface area contributed by atoms with Crippen LogP contribution in [0, 0.1) is 13.8 Å². The number of pyridine rings is 2. The second kappa shape index (κ2) is 8.96. The molecular formula is C25H23N5O3. The molecule has 2 aromatic carbocycles. The van der Waals surface area contributed by atoms with Crippen LogP contribution in [0.3, 0.4) is 0 Å². The van der Waals surface area contributed by atoms with E-state index in [0.717, 1.165) is 22.2 Å². The fourth-order valence-electron chi connectivity index (χ4n) is 3.59. The predicted octanol–water partition coefficient (Wildman–Crippen LogP) is 3.68. The average Bonchev–Trinajstić information content (AvgIpc) is 2.82. The van der Waals surface area contributed by atoms with Crippen molar-refractivity contribution >= 4 is 28.5 Å². The predicted molar refractivity (Wildman–Crippen MR) is 128 cm³/mol. The van der Waals surface area contributed by atoms with Crippen molar-refractivity contribution < 1.29 is 9.59 Å². The molecular weight excluding hydrogens is 418 g/mol. The zero-order valence-electron chi connectivity index (χ0n) is 18.5. The van der Waals surface area contributed by atoms with Gasteiger partial charge in [-0.25, -0.2) is 10.2 Å². The van der Waals surface area contributed by atoms with Crippen molar-refractivity contribution in [2.45, 2.75) is 13.8 Å². The van der Waals surface area contributed by atoms with E-state index in [1.54, 1.807) is 60.3 Å². The Morgan fingerprint density at radius 1 is 0.909 bits per heavy atom. The molecule has 0 saturated heterocycles. The van der Waals surface area contributed by atoms with Crippen molar-refractivity contribution in [3.8, 4) is 11.1 Å². The Bertz CT molecular complexity index is 1430. The molecule has 0 bridgehead atoms. The maximum atomic E-state index is 13.1. The van der Waals surface area contributed by atoms with Gasteiger partial charge in [-0.2, -0.15) is 0 Å². The molecule has 0 aliphatic heterocycles. The summed E-state index contributed by atoms with van der Waals surface area (Å²) in [4.78, 5) is 41.8. The van der Waals surface area contributed by atoms with Crippen molar-refractivity contribution in [3.05, 3.63) is 94.0 Å². The molecule has 4 aromatic rings. The van der Waals surface area contributed by atoms with E-state index < -0.39 is 11.9 Å². The second-order valence-electron chi connectivity index (χ2n) is 7.74. The van der Waals surface area contributed by atoms with Crippen LogP contribution in [0.1, 0.15) is 21.6 Å². The summed E-state index contributed by atoms with van der Waals surface area (Å²) in [7, 11) is 1.73. The van der Waals surface area contributed by atoms with Crippen LogP contribution in [0.2, 0.25) is 0 Å². The van der Waals surface area contributed by atoms with E-state index in [9.17, 15) is 14.4 Å². The van der Waals surface area contributed by atoms with E-state index in [0.29, 0.717) is 22.4 Å². The highest BCUT2D eigenvalue weighted by Crippen LogP contribution is 2.26. The first-order chi connectivity index (χ1) is 15.8. The number of carbonyl (C=O) groups excluding carboxylic acids is 2. The van der Waals surface area contributed by atoms with E-state index in [1.165, 1.54) is 0 Å². The van der Waals surface area contributed by atoms with Crippen LogP contribution in [-0.2, 0) is 7.05 Å². The zero-order chi connectivity index (χ0) is 23.5. The van der Waals surface area contributed by atoms with Crippen LogP contribution in [0.5, 0.6) is 0 Å². The fourth-order valence-corrected chi connectivity index (χ4v) is 3.59. The number of hydrogen-bond acceptors (Lipinski definition) is 4. The summed E-state index contributed by atoms with van der Waals surface area (Å²) in [6.07, 6.45) is 1.74. The first kappa shape index (κ1) is 21.8.